The molecule has 74 valence electrons. The van der Waals surface area contributed by atoms with Crippen molar-refractivity contribution in [3.05, 3.63) is 11.6 Å². The Hall–Kier alpha value is -0.340. The molecule has 13 heavy (non-hydrogen) atoms. The van der Waals surface area contributed by atoms with Crippen LogP contribution in [0.1, 0.15) is 32.1 Å². The predicted octanol–water partition coefficient (Wildman–Crippen LogP) is 1.85. The summed E-state index contributed by atoms with van der Waals surface area (Å²) >= 11 is 0. The normalized spacial score (nSPS) is 33.8. The molecule has 2 unspecified atom stereocenters. The Labute approximate surface area is 80.1 Å². The molecule has 1 aliphatic heterocycles. The lowest BCUT2D eigenvalue weighted by Crippen LogP contribution is -2.11. The fourth-order valence-electron chi connectivity index (χ4n) is 2.23. The van der Waals surface area contributed by atoms with Crippen molar-refractivity contribution in [1.82, 2.24) is 0 Å². The Bertz CT molecular complexity index is 194. The average molecular weight is 181 g/mol. The summed E-state index contributed by atoms with van der Waals surface area (Å²) in [4.78, 5) is 0. The third-order valence-electron chi connectivity index (χ3n) is 3.15. The predicted molar refractivity (Wildman–Crippen MR) is 53.5 cm³/mol. The standard InChI is InChI=1S/C11H19NO/c12-11-4-3-9(7-11)1-2-10-5-6-13-8-10/h7,10-11H,1-6,8,12H2. The van der Waals surface area contributed by atoms with Crippen LogP contribution in [0.5, 0.6) is 0 Å². The van der Waals surface area contributed by atoms with Crippen LogP contribution >= 0.6 is 0 Å². The van der Waals surface area contributed by atoms with E-state index in [1.54, 1.807) is 5.57 Å². The van der Waals surface area contributed by atoms with Crippen molar-refractivity contribution in [2.45, 2.75) is 38.1 Å². The van der Waals surface area contributed by atoms with E-state index in [9.17, 15) is 0 Å². The Kier molecular flexibility index (Phi) is 3.01. The molecule has 0 aromatic carbocycles. The van der Waals surface area contributed by atoms with E-state index in [0.717, 1.165) is 25.6 Å². The van der Waals surface area contributed by atoms with E-state index >= 15 is 0 Å². The topological polar surface area (TPSA) is 35.2 Å². The molecule has 2 nitrogen and oxygen atoms in total. The van der Waals surface area contributed by atoms with Crippen molar-refractivity contribution in [3.63, 3.8) is 0 Å². The maximum absolute atomic E-state index is 5.81. The minimum Gasteiger partial charge on any atom is -0.381 e. The first-order valence-corrected chi connectivity index (χ1v) is 5.37. The molecule has 1 aliphatic carbocycles. The maximum Gasteiger partial charge on any atom is 0.0495 e. The maximum atomic E-state index is 5.81. The zero-order valence-electron chi connectivity index (χ0n) is 8.17. The van der Waals surface area contributed by atoms with Gasteiger partial charge in [-0.15, -0.1) is 0 Å². The van der Waals surface area contributed by atoms with E-state index < -0.39 is 0 Å². The molecule has 0 amide bonds. The summed E-state index contributed by atoms with van der Waals surface area (Å²) in [5.74, 6) is 0.817. The minimum atomic E-state index is 0.342. The van der Waals surface area contributed by atoms with Crippen molar-refractivity contribution in [3.8, 4) is 0 Å². The SMILES string of the molecule is NC1C=C(CCC2CCOC2)CC1. The molecule has 0 bridgehead atoms. The van der Waals surface area contributed by atoms with Crippen LogP contribution in [0.2, 0.25) is 0 Å². The third kappa shape index (κ3) is 2.55. The molecule has 1 saturated heterocycles. The van der Waals surface area contributed by atoms with Gasteiger partial charge in [0, 0.05) is 19.3 Å². The highest BCUT2D eigenvalue weighted by Crippen LogP contribution is 2.26. The molecule has 0 spiro atoms. The minimum absolute atomic E-state index is 0.342. The quantitative estimate of drug-likeness (QED) is 0.674. The fraction of sp³-hybridized carbons (Fsp3) is 0.818. The summed E-state index contributed by atoms with van der Waals surface area (Å²) < 4.78 is 5.35. The number of ether oxygens (including phenoxy) is 1. The van der Waals surface area contributed by atoms with Gasteiger partial charge < -0.3 is 10.5 Å². The van der Waals surface area contributed by atoms with Crippen molar-refractivity contribution >= 4 is 0 Å². The van der Waals surface area contributed by atoms with Crippen molar-refractivity contribution in [1.29, 1.82) is 0 Å². The van der Waals surface area contributed by atoms with E-state index in [2.05, 4.69) is 6.08 Å². The van der Waals surface area contributed by atoms with Crippen LogP contribution in [-0.4, -0.2) is 19.3 Å². The van der Waals surface area contributed by atoms with Crippen LogP contribution in [0.3, 0.4) is 0 Å². The molecule has 2 aliphatic rings. The molecule has 2 N–H and O–H groups in total. The average Bonchev–Trinajstić information content (AvgIpc) is 2.71. The highest BCUT2D eigenvalue weighted by atomic mass is 16.5. The van der Waals surface area contributed by atoms with Crippen LogP contribution < -0.4 is 5.73 Å². The Morgan fingerprint density at radius 3 is 3.00 bits per heavy atom. The molecule has 0 aromatic rings. The van der Waals surface area contributed by atoms with Crippen molar-refractivity contribution in [2.24, 2.45) is 11.7 Å². The Balaban J connectivity index is 1.70. The second kappa shape index (κ2) is 4.25. The first-order valence-electron chi connectivity index (χ1n) is 5.37. The third-order valence-corrected chi connectivity index (χ3v) is 3.15. The Morgan fingerprint density at radius 1 is 1.46 bits per heavy atom. The van der Waals surface area contributed by atoms with Gasteiger partial charge in [0.25, 0.3) is 0 Å². The number of hydrogen-bond acceptors (Lipinski definition) is 2. The monoisotopic (exact) mass is 181 g/mol. The van der Waals surface area contributed by atoms with E-state index in [1.807, 2.05) is 0 Å². The van der Waals surface area contributed by atoms with Crippen molar-refractivity contribution in [2.75, 3.05) is 13.2 Å². The highest BCUT2D eigenvalue weighted by molar-refractivity contribution is 5.13. The lowest BCUT2D eigenvalue weighted by molar-refractivity contribution is 0.184. The largest absolute Gasteiger partial charge is 0.381 e. The highest BCUT2D eigenvalue weighted by Gasteiger charge is 2.17. The summed E-state index contributed by atoms with van der Waals surface area (Å²) in [5, 5.41) is 0. The zero-order valence-corrected chi connectivity index (χ0v) is 8.17. The Morgan fingerprint density at radius 2 is 2.38 bits per heavy atom. The van der Waals surface area contributed by atoms with Gasteiger partial charge in [0.15, 0.2) is 0 Å². The number of allylic oxidation sites excluding steroid dienone is 1. The second-order valence-electron chi connectivity index (χ2n) is 4.30. The molecule has 0 saturated carbocycles. The molecule has 2 heteroatoms. The van der Waals surface area contributed by atoms with Gasteiger partial charge in [-0.25, -0.2) is 0 Å². The van der Waals surface area contributed by atoms with Crippen LogP contribution in [0.4, 0.5) is 0 Å². The smallest absolute Gasteiger partial charge is 0.0495 e. The summed E-state index contributed by atoms with van der Waals surface area (Å²) in [5.41, 5.74) is 7.39. The van der Waals surface area contributed by atoms with E-state index in [0.29, 0.717) is 6.04 Å². The van der Waals surface area contributed by atoms with Crippen LogP contribution in [0.25, 0.3) is 0 Å². The number of rotatable bonds is 3. The van der Waals surface area contributed by atoms with Crippen molar-refractivity contribution < 1.29 is 4.74 Å². The zero-order chi connectivity index (χ0) is 9.10. The summed E-state index contributed by atoms with van der Waals surface area (Å²) in [6, 6.07) is 0.342. The van der Waals surface area contributed by atoms with E-state index in [4.69, 9.17) is 10.5 Å². The van der Waals surface area contributed by atoms with Gasteiger partial charge in [0.2, 0.25) is 0 Å². The van der Waals surface area contributed by atoms with Gasteiger partial charge in [0.05, 0.1) is 0 Å². The van der Waals surface area contributed by atoms with Crippen LogP contribution in [0, 0.1) is 5.92 Å². The van der Waals surface area contributed by atoms with Gasteiger partial charge in [-0.1, -0.05) is 11.6 Å². The molecule has 0 radical (unpaired) electrons. The summed E-state index contributed by atoms with van der Waals surface area (Å²) in [6.45, 7) is 1.96. The second-order valence-corrected chi connectivity index (χ2v) is 4.30. The molecule has 1 heterocycles. The lowest BCUT2D eigenvalue weighted by atomic mass is 9.99. The van der Waals surface area contributed by atoms with Gasteiger partial charge >= 0.3 is 0 Å². The number of hydrogen-bond donors (Lipinski definition) is 1. The van der Waals surface area contributed by atoms with E-state index in [1.165, 1.54) is 25.7 Å². The van der Waals surface area contributed by atoms with Gasteiger partial charge in [-0.05, 0) is 38.0 Å². The lowest BCUT2D eigenvalue weighted by Gasteiger charge is -2.06. The molecule has 1 fully saturated rings. The van der Waals surface area contributed by atoms with E-state index in [-0.39, 0.29) is 0 Å². The number of nitrogens with two attached hydrogens (primary N) is 1. The molecular weight excluding hydrogens is 162 g/mol. The summed E-state index contributed by atoms with van der Waals surface area (Å²) in [7, 11) is 0. The molecule has 2 rings (SSSR count). The summed E-state index contributed by atoms with van der Waals surface area (Å²) in [6.07, 6.45) is 8.47. The van der Waals surface area contributed by atoms with Gasteiger partial charge in [-0.3, -0.25) is 0 Å². The first-order chi connectivity index (χ1) is 6.34. The first kappa shape index (κ1) is 9.22. The van der Waals surface area contributed by atoms with Crippen LogP contribution in [0.15, 0.2) is 11.6 Å². The molecular formula is C11H19NO. The molecule has 2 atom stereocenters. The molecule has 0 aromatic heterocycles. The fourth-order valence-corrected chi connectivity index (χ4v) is 2.23. The van der Waals surface area contributed by atoms with Crippen LogP contribution in [-0.2, 0) is 4.74 Å². The van der Waals surface area contributed by atoms with Gasteiger partial charge in [-0.2, -0.15) is 0 Å². The van der Waals surface area contributed by atoms with Gasteiger partial charge in [0.1, 0.15) is 0 Å².